The molecule has 2 aliphatic carbocycles. The molecule has 0 radical (unpaired) electrons. The van der Waals surface area contributed by atoms with Gasteiger partial charge in [0.05, 0.1) is 49.7 Å². The monoisotopic (exact) mass is 960 g/mol. The molecule has 6 unspecified atom stereocenters. The molecule has 4 aromatic carbocycles. The zero-order valence-electron chi connectivity index (χ0n) is 39.2. The van der Waals surface area contributed by atoms with Gasteiger partial charge in [0.15, 0.2) is 0 Å². The Hall–Kier alpha value is -6.30. The first kappa shape index (κ1) is 49.1. The fourth-order valence-corrected chi connectivity index (χ4v) is 11.8. The molecule has 8 rings (SSSR count). The number of ether oxygens (including phenoxy) is 5. The number of methoxy groups -OCH3 is 2. The molecule has 1 saturated carbocycles. The number of unbranched alkanes of at least 4 members (excludes halogenated alkanes) is 2. The number of pyridine rings is 1. The molecular formula is C53H60N4O11S. The molecule has 1 aromatic heterocycles. The summed E-state index contributed by atoms with van der Waals surface area (Å²) >= 11 is 0. The van der Waals surface area contributed by atoms with E-state index in [0.29, 0.717) is 65.2 Å². The molecule has 15 nitrogen and oxygen atoms in total. The normalized spacial score (nSPS) is 22.2. The average Bonchev–Trinajstić information content (AvgIpc) is 3.37. The van der Waals surface area contributed by atoms with Crippen LogP contribution in [0.1, 0.15) is 62.0 Å². The zero-order valence-corrected chi connectivity index (χ0v) is 40.0. The predicted molar refractivity (Wildman–Crippen MR) is 262 cm³/mol. The van der Waals surface area contributed by atoms with Crippen LogP contribution in [0.15, 0.2) is 138 Å². The van der Waals surface area contributed by atoms with Crippen molar-refractivity contribution in [2.75, 3.05) is 46.4 Å². The van der Waals surface area contributed by atoms with Crippen LogP contribution in [-0.4, -0.2) is 92.6 Å². The van der Waals surface area contributed by atoms with Crippen molar-refractivity contribution in [1.29, 1.82) is 0 Å². The van der Waals surface area contributed by atoms with E-state index in [1.54, 1.807) is 67.9 Å². The zero-order chi connectivity index (χ0) is 48.5. The van der Waals surface area contributed by atoms with Crippen molar-refractivity contribution in [3.8, 4) is 23.0 Å². The number of sulfonamides is 1. The van der Waals surface area contributed by atoms with E-state index in [9.17, 15) is 15.0 Å². The molecule has 1 fully saturated rings. The van der Waals surface area contributed by atoms with Gasteiger partial charge in [-0.3, -0.25) is 10.3 Å². The maximum Gasteiger partial charge on any atom is 0.417 e. The minimum Gasteiger partial charge on any atom is -0.497 e. The van der Waals surface area contributed by atoms with Gasteiger partial charge in [0.2, 0.25) is 15.8 Å². The molecule has 69 heavy (non-hydrogen) atoms. The highest BCUT2D eigenvalue weighted by Gasteiger charge is 2.66. The smallest absolute Gasteiger partial charge is 0.417 e. The lowest BCUT2D eigenvalue weighted by atomic mass is 9.55. The van der Waals surface area contributed by atoms with Crippen molar-refractivity contribution in [1.82, 2.24) is 9.29 Å². The number of oxime groups is 1. The molecule has 1 amide bonds. The molecule has 3 aliphatic rings. The summed E-state index contributed by atoms with van der Waals surface area (Å²) in [6, 6.07) is 27.5. The number of hydrogen-bond donors (Lipinski definition) is 3. The highest BCUT2D eigenvalue weighted by atomic mass is 32.2. The van der Waals surface area contributed by atoms with Crippen LogP contribution in [0.5, 0.6) is 23.0 Å². The number of hydrogen-bond acceptors (Lipinski definition) is 13. The van der Waals surface area contributed by atoms with Crippen LogP contribution in [0, 0.1) is 17.8 Å². The summed E-state index contributed by atoms with van der Waals surface area (Å²) in [5, 5.41) is 28.3. The molecule has 0 saturated heterocycles. The largest absolute Gasteiger partial charge is 0.497 e. The summed E-state index contributed by atoms with van der Waals surface area (Å²) in [4.78, 5) is 24.4. The Morgan fingerprint density at radius 3 is 2.46 bits per heavy atom. The van der Waals surface area contributed by atoms with Crippen LogP contribution >= 0.6 is 0 Å². The van der Waals surface area contributed by atoms with Crippen molar-refractivity contribution in [3.63, 3.8) is 0 Å². The summed E-state index contributed by atoms with van der Waals surface area (Å²) in [5.41, 5.74) is 3.66. The lowest BCUT2D eigenvalue weighted by Crippen LogP contribution is -2.69. The Bertz CT molecular complexity index is 2780. The summed E-state index contributed by atoms with van der Waals surface area (Å²) < 4.78 is 63.0. The van der Waals surface area contributed by atoms with Gasteiger partial charge in [0.1, 0.15) is 34.5 Å². The van der Waals surface area contributed by atoms with Crippen LogP contribution in [0.2, 0.25) is 0 Å². The highest BCUT2D eigenvalue weighted by molar-refractivity contribution is 7.89. The predicted octanol–water partition coefficient (Wildman–Crippen LogP) is 9.02. The van der Waals surface area contributed by atoms with Gasteiger partial charge in [-0.15, -0.1) is 6.58 Å². The molecule has 3 N–H and O–H groups in total. The van der Waals surface area contributed by atoms with Crippen molar-refractivity contribution in [3.05, 3.63) is 139 Å². The second-order valence-electron chi connectivity index (χ2n) is 17.5. The van der Waals surface area contributed by atoms with E-state index in [1.165, 1.54) is 18.5 Å². The number of carbonyl (C=O) groups is 1. The van der Waals surface area contributed by atoms with Gasteiger partial charge >= 0.3 is 6.09 Å². The fraction of sp³-hybridized carbons (Fsp3) is 0.377. The van der Waals surface area contributed by atoms with Crippen LogP contribution in [-0.2, 0) is 26.2 Å². The second-order valence-corrected chi connectivity index (χ2v) is 19.4. The van der Waals surface area contributed by atoms with Crippen LogP contribution in [0.25, 0.3) is 10.9 Å². The Morgan fingerprint density at radius 1 is 0.942 bits per heavy atom. The summed E-state index contributed by atoms with van der Waals surface area (Å²) in [6.45, 7) is 4.22. The van der Waals surface area contributed by atoms with Gasteiger partial charge in [-0.25, -0.2) is 13.2 Å². The SMILES string of the molecule is C=CCOC12Oc3ccc(OC(=O)Nc4ccc(OC)cc4OC)cc3C3C(CCCCO)C(CCCCO)C=C(C(=NOCc4ccccc4)CC1N(C)S(=O)(=O)c1cccc4cccnc14)C32. The number of aliphatic hydroxyl groups is 2. The minimum atomic E-state index is -4.34. The summed E-state index contributed by atoms with van der Waals surface area (Å²) in [7, 11) is 0.227. The first-order valence-electron chi connectivity index (χ1n) is 23.3. The van der Waals surface area contributed by atoms with Gasteiger partial charge in [0, 0.05) is 55.8 Å². The van der Waals surface area contributed by atoms with E-state index in [0.717, 1.165) is 29.5 Å². The Kier molecular flexibility index (Phi) is 15.7. The van der Waals surface area contributed by atoms with Crippen LogP contribution < -0.4 is 24.3 Å². The van der Waals surface area contributed by atoms with Crippen LogP contribution in [0.4, 0.5) is 10.5 Å². The molecule has 364 valence electrons. The molecule has 6 atom stereocenters. The lowest BCUT2D eigenvalue weighted by Gasteiger charge is -2.59. The van der Waals surface area contributed by atoms with Gasteiger partial charge in [-0.1, -0.05) is 78.7 Å². The number of benzene rings is 4. The lowest BCUT2D eigenvalue weighted by molar-refractivity contribution is -0.250. The number of para-hydroxylation sites is 1. The molecular weight excluding hydrogens is 901 g/mol. The maximum atomic E-state index is 15.3. The van der Waals surface area contributed by atoms with E-state index in [2.05, 4.69) is 23.0 Å². The molecule has 2 heterocycles. The minimum absolute atomic E-state index is 0.00826. The third-order valence-corrected chi connectivity index (χ3v) is 15.3. The number of likely N-dealkylation sites (N-methyl/N-ethyl adjacent to an activating group) is 1. The third-order valence-electron chi connectivity index (χ3n) is 13.4. The highest BCUT2D eigenvalue weighted by Crippen LogP contribution is 2.62. The Balaban J connectivity index is 1.30. The number of nitrogens with one attached hydrogen (secondary N) is 1. The molecule has 0 spiro atoms. The topological polar surface area (TPSA) is 188 Å². The number of amides is 1. The average molecular weight is 961 g/mol. The van der Waals surface area contributed by atoms with Gasteiger partial charge < -0.3 is 38.7 Å². The Morgan fingerprint density at radius 2 is 1.71 bits per heavy atom. The second kappa shape index (κ2) is 22.0. The standard InChI is InChI=1S/C53H60N4O11S/c1-5-29-65-53-48(57(2)69(61,62)47-21-13-18-36-19-14-26-54-51(36)47)33-44(56-66-34-35-15-7-6-8-16-35)41-30-37(17-9-11-27-58)40(20-10-12-28-59)49(50(41)53)42-31-39(23-25-45(42)68-53)67-52(60)55-43-24-22-38(63-3)32-46(43)64-4/h5-8,13-16,18-19,21-26,30-32,37,40,48-50,58-59H,1,9-12,17,20,27-29,33-34H2,2-4H3,(H,55,60). The first-order valence-corrected chi connectivity index (χ1v) is 24.8. The molecule has 16 heteroatoms. The third kappa shape index (κ3) is 10.2. The number of anilines is 1. The van der Waals surface area contributed by atoms with Gasteiger partial charge in [-0.2, -0.15) is 4.31 Å². The number of rotatable bonds is 21. The van der Waals surface area contributed by atoms with Crippen molar-refractivity contribution >= 4 is 38.4 Å². The molecule has 0 bridgehead atoms. The Labute approximate surface area is 403 Å². The van der Waals surface area contributed by atoms with Crippen molar-refractivity contribution < 1.29 is 51.9 Å². The van der Waals surface area contributed by atoms with E-state index >= 15 is 8.42 Å². The first-order chi connectivity index (χ1) is 33.6. The number of allylic oxidation sites excluding steroid dienone is 1. The molecule has 1 aliphatic heterocycles. The van der Waals surface area contributed by atoms with Crippen LogP contribution in [0.3, 0.4) is 0 Å². The van der Waals surface area contributed by atoms with E-state index in [1.807, 2.05) is 48.5 Å². The van der Waals surface area contributed by atoms with E-state index < -0.39 is 39.8 Å². The number of aromatic nitrogens is 1. The number of aliphatic hydroxyl groups excluding tert-OH is 2. The molecule has 5 aromatic rings. The maximum absolute atomic E-state index is 15.3. The summed E-state index contributed by atoms with van der Waals surface area (Å²) in [5.74, 6) is -1.42. The van der Waals surface area contributed by atoms with Gasteiger partial charge in [0.25, 0.3) is 0 Å². The quantitative estimate of drug-likeness (QED) is 0.0360. The van der Waals surface area contributed by atoms with Crippen molar-refractivity contribution in [2.24, 2.45) is 22.9 Å². The van der Waals surface area contributed by atoms with E-state index in [4.69, 9.17) is 33.7 Å². The number of nitrogens with zero attached hydrogens (tertiary/aromatic N) is 3. The van der Waals surface area contributed by atoms with Crippen molar-refractivity contribution in [2.45, 2.75) is 74.2 Å². The summed E-state index contributed by atoms with van der Waals surface area (Å²) in [6.07, 6.45) is 8.68. The number of carbonyl (C=O) groups excluding carboxylic acids is 1. The van der Waals surface area contributed by atoms with E-state index in [-0.39, 0.29) is 55.3 Å². The number of fused-ring (bicyclic) bond motifs is 3. The van der Waals surface area contributed by atoms with Gasteiger partial charge in [-0.05, 0) is 91.1 Å². The fourth-order valence-electron chi connectivity index (χ4n) is 10.3.